The molecule has 3 heterocycles. The Morgan fingerprint density at radius 2 is 1.77 bits per heavy atom. The van der Waals surface area contributed by atoms with Crippen molar-refractivity contribution in [3.63, 3.8) is 0 Å². The summed E-state index contributed by atoms with van der Waals surface area (Å²) < 4.78 is 45.6. The predicted octanol–water partition coefficient (Wildman–Crippen LogP) is 5.51. The van der Waals surface area contributed by atoms with Crippen LogP contribution in [0.4, 0.5) is 8.78 Å². The first-order valence-electron chi connectivity index (χ1n) is 14.3. The van der Waals surface area contributed by atoms with Gasteiger partial charge in [-0.2, -0.15) is 0 Å². The third-order valence-corrected chi connectivity index (χ3v) is 7.49. The highest BCUT2D eigenvalue weighted by molar-refractivity contribution is 6.39. The summed E-state index contributed by atoms with van der Waals surface area (Å²) in [6.45, 7) is 4.44. The minimum absolute atomic E-state index is 0.0333. The molecule has 0 atom stereocenters. The number of Topliss-reactive ketones (excluding diaryl/α,β-unsaturated/α-hetero) is 2. The van der Waals surface area contributed by atoms with Crippen LogP contribution in [0.25, 0.3) is 16.5 Å². The predicted molar refractivity (Wildman–Crippen MR) is 160 cm³/mol. The molecule has 0 radical (unpaired) electrons. The van der Waals surface area contributed by atoms with Crippen LogP contribution < -0.4 is 9.47 Å². The Kier molecular flexibility index (Phi) is 8.81. The molecule has 1 aliphatic carbocycles. The van der Waals surface area contributed by atoms with E-state index < -0.39 is 23.2 Å². The number of halogens is 2. The SMILES string of the molecule is O=C(Cc1ccc(Oc2ccnc3cc(OCCN4CCOCC4)ncc23)c(F)c1)C1=CCC=C(c2ccc(F)cc2)C1=O. The van der Waals surface area contributed by atoms with Crippen molar-refractivity contribution in [3.05, 3.63) is 107 Å². The Morgan fingerprint density at radius 1 is 0.955 bits per heavy atom. The first-order chi connectivity index (χ1) is 21.4. The molecule has 1 saturated heterocycles. The highest BCUT2D eigenvalue weighted by Gasteiger charge is 2.25. The minimum atomic E-state index is -0.660. The van der Waals surface area contributed by atoms with Gasteiger partial charge in [-0.25, -0.2) is 13.8 Å². The third kappa shape index (κ3) is 6.72. The Morgan fingerprint density at radius 3 is 2.57 bits per heavy atom. The zero-order valence-electron chi connectivity index (χ0n) is 23.8. The molecule has 4 aromatic rings. The molecule has 0 bridgehead atoms. The number of fused-ring (bicyclic) bond motifs is 1. The quantitative estimate of drug-likeness (QED) is 0.221. The van der Waals surface area contributed by atoms with Crippen LogP contribution in [-0.2, 0) is 20.7 Å². The van der Waals surface area contributed by atoms with E-state index in [1.807, 2.05) is 0 Å². The fourth-order valence-electron chi connectivity index (χ4n) is 5.15. The molecule has 2 aliphatic rings. The molecular formula is C34H29F2N3O5. The van der Waals surface area contributed by atoms with Gasteiger partial charge in [0.05, 0.1) is 29.7 Å². The molecule has 44 heavy (non-hydrogen) atoms. The van der Waals surface area contributed by atoms with Gasteiger partial charge in [0.25, 0.3) is 0 Å². The summed E-state index contributed by atoms with van der Waals surface area (Å²) in [4.78, 5) is 37.1. The Balaban J connectivity index is 1.09. The van der Waals surface area contributed by atoms with E-state index >= 15 is 4.39 Å². The molecule has 2 aromatic carbocycles. The van der Waals surface area contributed by atoms with E-state index in [0.717, 1.165) is 32.8 Å². The number of pyridine rings is 2. The Hall–Kier alpha value is -4.80. The summed E-state index contributed by atoms with van der Waals surface area (Å²) in [5.74, 6) is -1.17. The van der Waals surface area contributed by atoms with E-state index in [9.17, 15) is 14.0 Å². The van der Waals surface area contributed by atoms with E-state index in [1.165, 1.54) is 36.4 Å². The molecule has 0 amide bonds. The summed E-state index contributed by atoms with van der Waals surface area (Å²) in [5.41, 5.74) is 1.89. The largest absolute Gasteiger partial charge is 0.476 e. The van der Waals surface area contributed by atoms with Crippen molar-refractivity contribution >= 4 is 28.0 Å². The number of morpholine rings is 1. The van der Waals surface area contributed by atoms with Crippen molar-refractivity contribution in [3.8, 4) is 17.4 Å². The number of carbonyl (C=O) groups is 2. The molecule has 1 fully saturated rings. The van der Waals surface area contributed by atoms with Gasteiger partial charge in [0.15, 0.2) is 23.1 Å². The molecule has 1 aliphatic heterocycles. The Labute approximate surface area is 252 Å². The number of nitrogens with zero attached hydrogens (tertiary/aromatic N) is 3. The van der Waals surface area contributed by atoms with E-state index in [2.05, 4.69) is 14.9 Å². The van der Waals surface area contributed by atoms with Crippen LogP contribution in [-0.4, -0.2) is 65.9 Å². The van der Waals surface area contributed by atoms with Gasteiger partial charge in [-0.15, -0.1) is 0 Å². The van der Waals surface area contributed by atoms with Crippen LogP contribution in [0.1, 0.15) is 17.5 Å². The van der Waals surface area contributed by atoms with Gasteiger partial charge < -0.3 is 14.2 Å². The van der Waals surface area contributed by atoms with Gasteiger partial charge in [0.2, 0.25) is 5.88 Å². The molecule has 6 rings (SSSR count). The zero-order chi connectivity index (χ0) is 30.5. The highest BCUT2D eigenvalue weighted by Crippen LogP contribution is 2.32. The van der Waals surface area contributed by atoms with Crippen LogP contribution >= 0.6 is 0 Å². The molecule has 10 heteroatoms. The molecule has 2 aromatic heterocycles. The third-order valence-electron chi connectivity index (χ3n) is 7.49. The van der Waals surface area contributed by atoms with Crippen LogP contribution in [0.5, 0.6) is 17.4 Å². The number of hydrogen-bond acceptors (Lipinski definition) is 8. The number of allylic oxidation sites excluding steroid dienone is 4. The number of benzene rings is 2. The smallest absolute Gasteiger partial charge is 0.215 e. The average Bonchev–Trinajstić information content (AvgIpc) is 3.03. The van der Waals surface area contributed by atoms with Gasteiger partial charge in [-0.05, 0) is 47.9 Å². The van der Waals surface area contributed by atoms with Gasteiger partial charge >= 0.3 is 0 Å². The summed E-state index contributed by atoms with van der Waals surface area (Å²) >= 11 is 0. The standard InChI is InChI=1S/C34H29F2N3O5/c35-24-7-5-23(6-8-24)25-2-1-3-26(34(25)41)30(40)19-22-4-9-32(28(36)18-22)44-31-10-11-37-29-20-33(38-21-27(29)31)43-17-14-39-12-15-42-16-13-39/h2-11,18,20-21H,1,12-17,19H2. The Bertz CT molecular complexity index is 1770. The van der Waals surface area contributed by atoms with Gasteiger partial charge in [-0.1, -0.05) is 30.4 Å². The second kappa shape index (κ2) is 13.2. The highest BCUT2D eigenvalue weighted by atomic mass is 19.1. The van der Waals surface area contributed by atoms with Crippen molar-refractivity contribution in [2.24, 2.45) is 0 Å². The van der Waals surface area contributed by atoms with Gasteiger partial charge in [0.1, 0.15) is 18.2 Å². The molecule has 0 unspecified atom stereocenters. The first kappa shape index (κ1) is 29.3. The van der Waals surface area contributed by atoms with E-state index in [1.54, 1.807) is 42.7 Å². The van der Waals surface area contributed by atoms with Gasteiger partial charge in [-0.3, -0.25) is 19.5 Å². The van der Waals surface area contributed by atoms with Crippen molar-refractivity contribution in [1.29, 1.82) is 0 Å². The fourth-order valence-corrected chi connectivity index (χ4v) is 5.15. The van der Waals surface area contributed by atoms with Crippen molar-refractivity contribution in [2.75, 3.05) is 39.5 Å². The number of carbonyl (C=O) groups excluding carboxylic acids is 2. The molecular weight excluding hydrogens is 568 g/mol. The monoisotopic (exact) mass is 597 g/mol. The second-order valence-corrected chi connectivity index (χ2v) is 10.4. The number of ether oxygens (including phenoxy) is 3. The van der Waals surface area contributed by atoms with Crippen molar-refractivity contribution in [1.82, 2.24) is 14.9 Å². The number of hydrogen-bond donors (Lipinski definition) is 0. The maximum Gasteiger partial charge on any atom is 0.215 e. The van der Waals surface area contributed by atoms with Crippen LogP contribution in [0.3, 0.4) is 0 Å². The molecule has 0 spiro atoms. The summed E-state index contributed by atoms with van der Waals surface area (Å²) in [7, 11) is 0. The summed E-state index contributed by atoms with van der Waals surface area (Å²) in [6, 6.07) is 13.1. The van der Waals surface area contributed by atoms with Crippen LogP contribution in [0.2, 0.25) is 0 Å². The topological polar surface area (TPSA) is 90.8 Å². The molecule has 8 nitrogen and oxygen atoms in total. The number of ketones is 2. The summed E-state index contributed by atoms with van der Waals surface area (Å²) in [6.07, 6.45) is 6.63. The lowest BCUT2D eigenvalue weighted by molar-refractivity contribution is -0.118. The molecule has 224 valence electrons. The second-order valence-electron chi connectivity index (χ2n) is 10.4. The van der Waals surface area contributed by atoms with Gasteiger partial charge in [0, 0.05) is 50.1 Å². The number of aromatic nitrogens is 2. The number of rotatable bonds is 10. The molecule has 0 N–H and O–H groups in total. The first-order valence-corrected chi connectivity index (χ1v) is 14.3. The van der Waals surface area contributed by atoms with Crippen molar-refractivity contribution < 1.29 is 32.6 Å². The molecule has 0 saturated carbocycles. The van der Waals surface area contributed by atoms with Crippen LogP contribution in [0.15, 0.2) is 84.7 Å². The maximum atomic E-state index is 15.2. The van der Waals surface area contributed by atoms with E-state index in [4.69, 9.17) is 14.2 Å². The van der Waals surface area contributed by atoms with Crippen molar-refractivity contribution in [2.45, 2.75) is 12.8 Å². The fraction of sp³-hybridized carbons (Fsp3) is 0.235. The van der Waals surface area contributed by atoms with E-state index in [-0.39, 0.29) is 17.7 Å². The maximum absolute atomic E-state index is 15.2. The normalized spacial score (nSPS) is 15.5. The lowest BCUT2D eigenvalue weighted by Crippen LogP contribution is -2.38. The minimum Gasteiger partial charge on any atom is -0.476 e. The van der Waals surface area contributed by atoms with E-state index in [0.29, 0.717) is 52.3 Å². The zero-order valence-corrected chi connectivity index (χ0v) is 23.8. The summed E-state index contributed by atoms with van der Waals surface area (Å²) in [5, 5.41) is 0.583. The van der Waals surface area contributed by atoms with Crippen LogP contribution in [0, 0.1) is 11.6 Å². The lowest BCUT2D eigenvalue weighted by Gasteiger charge is -2.26. The lowest BCUT2D eigenvalue weighted by atomic mass is 9.88. The average molecular weight is 598 g/mol.